The molecule has 4 aliphatic carbocycles. The maximum Gasteiger partial charge on any atom is 0.156 e. The molecule has 0 heterocycles. The Bertz CT molecular complexity index is 544. The summed E-state index contributed by atoms with van der Waals surface area (Å²) < 4.78 is 0. The molecular weight excluding hydrogens is 258 g/mol. The molecule has 2 saturated carbocycles. The van der Waals surface area contributed by atoms with Crippen molar-refractivity contribution < 1.29 is 4.79 Å². The molecule has 0 aromatic carbocycles. The first kappa shape index (κ1) is 13.8. The molecule has 0 aliphatic heterocycles. The van der Waals surface area contributed by atoms with Crippen molar-refractivity contribution in [3.8, 4) is 0 Å². The van der Waals surface area contributed by atoms with Gasteiger partial charge in [-0.25, -0.2) is 0 Å². The van der Waals surface area contributed by atoms with E-state index in [1.165, 1.54) is 37.7 Å². The highest BCUT2D eigenvalue weighted by molar-refractivity contribution is 5.93. The Morgan fingerprint density at radius 2 is 2.05 bits per heavy atom. The average Bonchev–Trinajstić information content (AvgIpc) is 2.83. The van der Waals surface area contributed by atoms with Gasteiger partial charge in [0, 0.05) is 6.42 Å². The van der Waals surface area contributed by atoms with E-state index in [0.717, 1.165) is 43.6 Å². The lowest BCUT2D eigenvalue weighted by Gasteiger charge is -2.49. The largest absolute Gasteiger partial charge is 0.330 e. The van der Waals surface area contributed by atoms with Crippen LogP contribution in [0.25, 0.3) is 0 Å². The molecule has 2 nitrogen and oxygen atoms in total. The number of allylic oxidation sites excluding steroid dienone is 4. The van der Waals surface area contributed by atoms with Gasteiger partial charge in [0.25, 0.3) is 0 Å². The molecule has 4 unspecified atom stereocenters. The van der Waals surface area contributed by atoms with Crippen molar-refractivity contribution >= 4 is 5.78 Å². The second-order valence-corrected chi connectivity index (χ2v) is 7.91. The topological polar surface area (TPSA) is 43.1 Å². The summed E-state index contributed by atoms with van der Waals surface area (Å²) in [6.45, 7) is 3.38. The van der Waals surface area contributed by atoms with Crippen molar-refractivity contribution in [3.05, 3.63) is 22.8 Å². The van der Waals surface area contributed by atoms with Crippen molar-refractivity contribution in [3.63, 3.8) is 0 Å². The van der Waals surface area contributed by atoms with Crippen LogP contribution in [0.2, 0.25) is 0 Å². The van der Waals surface area contributed by atoms with Gasteiger partial charge in [0.05, 0.1) is 0 Å². The van der Waals surface area contributed by atoms with E-state index in [9.17, 15) is 4.79 Å². The summed E-state index contributed by atoms with van der Waals surface area (Å²) in [6.07, 6.45) is 11.4. The van der Waals surface area contributed by atoms with Gasteiger partial charge in [0.2, 0.25) is 0 Å². The van der Waals surface area contributed by atoms with Crippen LogP contribution in [0.3, 0.4) is 0 Å². The Balaban J connectivity index is 1.71. The molecule has 21 heavy (non-hydrogen) atoms. The van der Waals surface area contributed by atoms with E-state index >= 15 is 0 Å². The van der Waals surface area contributed by atoms with Crippen molar-refractivity contribution in [1.29, 1.82) is 0 Å². The van der Waals surface area contributed by atoms with Crippen molar-refractivity contribution in [1.82, 2.24) is 0 Å². The van der Waals surface area contributed by atoms with Gasteiger partial charge in [-0.2, -0.15) is 0 Å². The van der Waals surface area contributed by atoms with E-state index in [2.05, 4.69) is 6.92 Å². The summed E-state index contributed by atoms with van der Waals surface area (Å²) in [5, 5.41) is 0. The first-order valence-electron chi connectivity index (χ1n) is 8.79. The van der Waals surface area contributed by atoms with Crippen LogP contribution in [0.4, 0.5) is 0 Å². The van der Waals surface area contributed by atoms with Crippen molar-refractivity contribution in [2.45, 2.75) is 58.3 Å². The van der Waals surface area contributed by atoms with Crippen LogP contribution in [0.1, 0.15) is 58.3 Å². The number of carbonyl (C=O) groups is 1. The Kier molecular flexibility index (Phi) is 3.15. The number of ketones is 1. The molecule has 2 heteroatoms. The van der Waals surface area contributed by atoms with Crippen molar-refractivity contribution in [2.24, 2.45) is 28.9 Å². The lowest BCUT2D eigenvalue weighted by atomic mass is 9.56. The van der Waals surface area contributed by atoms with E-state index in [1.807, 2.05) is 6.08 Å². The normalized spacial score (nSPS) is 42.3. The monoisotopic (exact) mass is 285 g/mol. The lowest BCUT2D eigenvalue weighted by molar-refractivity contribution is -0.114. The molecule has 2 N–H and O–H groups in total. The van der Waals surface area contributed by atoms with Crippen LogP contribution in [-0.2, 0) is 4.79 Å². The number of rotatable bonds is 1. The number of fused-ring (bicyclic) bond motifs is 4. The van der Waals surface area contributed by atoms with Gasteiger partial charge in [-0.3, -0.25) is 4.79 Å². The van der Waals surface area contributed by atoms with E-state index in [1.54, 1.807) is 11.1 Å². The summed E-state index contributed by atoms with van der Waals surface area (Å²) in [5.41, 5.74) is 11.2. The van der Waals surface area contributed by atoms with E-state index in [4.69, 9.17) is 5.73 Å². The molecule has 0 bridgehead atoms. The SMILES string of the molecule is CC12CCC3=C4CCC(=O)C=C4CCC3C1CCC2CN. The Hall–Kier alpha value is -0.890. The highest BCUT2D eigenvalue weighted by atomic mass is 16.1. The molecule has 114 valence electrons. The maximum atomic E-state index is 11.7. The third kappa shape index (κ3) is 1.91. The molecule has 0 spiro atoms. The molecule has 0 aromatic heterocycles. The van der Waals surface area contributed by atoms with Crippen LogP contribution < -0.4 is 5.73 Å². The average molecular weight is 285 g/mol. The predicted octanol–water partition coefficient (Wildman–Crippen LogP) is 3.77. The summed E-state index contributed by atoms with van der Waals surface area (Å²) in [5.74, 6) is 2.72. The quantitative estimate of drug-likeness (QED) is 0.797. The summed E-state index contributed by atoms with van der Waals surface area (Å²) >= 11 is 0. The molecule has 4 atom stereocenters. The van der Waals surface area contributed by atoms with Crippen LogP contribution in [0.15, 0.2) is 22.8 Å². The van der Waals surface area contributed by atoms with Gasteiger partial charge in [0.1, 0.15) is 0 Å². The second-order valence-electron chi connectivity index (χ2n) is 7.91. The zero-order chi connectivity index (χ0) is 14.6. The van der Waals surface area contributed by atoms with Crippen molar-refractivity contribution in [2.75, 3.05) is 6.54 Å². The highest BCUT2D eigenvalue weighted by Gasteiger charge is 2.52. The Morgan fingerprint density at radius 3 is 2.86 bits per heavy atom. The minimum atomic E-state index is 0.345. The van der Waals surface area contributed by atoms with Crippen LogP contribution in [0, 0.1) is 23.2 Å². The number of hydrogen-bond donors (Lipinski definition) is 1. The number of nitrogens with two attached hydrogens (primary N) is 1. The fourth-order valence-corrected chi connectivity index (χ4v) is 6.03. The maximum absolute atomic E-state index is 11.7. The van der Waals surface area contributed by atoms with Crippen LogP contribution in [0.5, 0.6) is 0 Å². The second kappa shape index (κ2) is 4.81. The summed E-state index contributed by atoms with van der Waals surface area (Å²) in [6, 6.07) is 0. The highest BCUT2D eigenvalue weighted by Crippen LogP contribution is 2.61. The molecule has 0 aromatic rings. The molecule has 4 aliphatic rings. The third-order valence-corrected chi connectivity index (χ3v) is 7.21. The first-order chi connectivity index (χ1) is 10.1. The third-order valence-electron chi connectivity index (χ3n) is 7.21. The summed E-state index contributed by atoms with van der Waals surface area (Å²) in [4.78, 5) is 11.7. The fourth-order valence-electron chi connectivity index (χ4n) is 6.03. The van der Waals surface area contributed by atoms with E-state index in [0.29, 0.717) is 11.2 Å². The smallest absolute Gasteiger partial charge is 0.156 e. The van der Waals surface area contributed by atoms with Gasteiger partial charge in [0.15, 0.2) is 5.78 Å². The lowest BCUT2D eigenvalue weighted by Crippen LogP contribution is -2.41. The van der Waals surface area contributed by atoms with Gasteiger partial charge >= 0.3 is 0 Å². The van der Waals surface area contributed by atoms with Crippen LogP contribution in [-0.4, -0.2) is 12.3 Å². The predicted molar refractivity (Wildman–Crippen MR) is 84.7 cm³/mol. The van der Waals surface area contributed by atoms with Gasteiger partial charge < -0.3 is 5.73 Å². The molecule has 0 radical (unpaired) electrons. The molecule has 2 fully saturated rings. The zero-order valence-electron chi connectivity index (χ0n) is 13.2. The molecule has 0 saturated heterocycles. The number of hydrogen-bond acceptors (Lipinski definition) is 2. The standard InChI is InChI=1S/C19H27NO/c1-19-9-8-16-15-6-4-14(21)10-12(15)2-5-17(16)18(19)7-3-13(19)11-20/h10,13,17-18H,2-9,11,20H2,1H3. The fraction of sp³-hybridized carbons (Fsp3) is 0.737. The van der Waals surface area contributed by atoms with E-state index in [-0.39, 0.29) is 0 Å². The number of carbonyl (C=O) groups excluding carboxylic acids is 1. The minimum Gasteiger partial charge on any atom is -0.330 e. The molecule has 4 rings (SSSR count). The van der Waals surface area contributed by atoms with Gasteiger partial charge in [-0.1, -0.05) is 12.5 Å². The molecule has 0 amide bonds. The van der Waals surface area contributed by atoms with Gasteiger partial charge in [-0.15, -0.1) is 0 Å². The Labute approximate surface area is 127 Å². The van der Waals surface area contributed by atoms with Crippen LogP contribution >= 0.6 is 0 Å². The zero-order valence-corrected chi connectivity index (χ0v) is 13.2. The first-order valence-corrected chi connectivity index (χ1v) is 8.79. The molecular formula is C19H27NO. The Morgan fingerprint density at radius 1 is 1.19 bits per heavy atom. The van der Waals surface area contributed by atoms with E-state index < -0.39 is 0 Å². The minimum absolute atomic E-state index is 0.345. The summed E-state index contributed by atoms with van der Waals surface area (Å²) in [7, 11) is 0. The van der Waals surface area contributed by atoms with Gasteiger partial charge in [-0.05, 0) is 91.9 Å².